The quantitative estimate of drug-likeness (QED) is 0.584. The van der Waals surface area contributed by atoms with Gasteiger partial charge in [-0.1, -0.05) is 0 Å². The number of alkyl halides is 3. The molecule has 0 aromatic rings. The van der Waals surface area contributed by atoms with E-state index in [9.17, 15) is 27.9 Å². The first-order valence-electron chi connectivity index (χ1n) is 5.25. The molecule has 0 aliphatic carbocycles. The molecule has 1 aliphatic heterocycles. The number of carbonyl (C=O) groups is 2. The Bertz CT molecular complexity index is 335. The lowest BCUT2D eigenvalue weighted by molar-refractivity contribution is -0.139. The number of rotatable bonds is 4. The normalized spacial score (nSPS) is 24.3. The van der Waals surface area contributed by atoms with E-state index in [0.717, 1.165) is 4.90 Å². The second kappa shape index (κ2) is 5.53. The number of likely N-dealkylation sites (tertiary alicyclic amines) is 1. The Labute approximate surface area is 101 Å². The van der Waals surface area contributed by atoms with Gasteiger partial charge in [-0.05, 0) is 0 Å². The fraction of sp³-hybridized carbons (Fsp3) is 0.778. The first-order valence-corrected chi connectivity index (χ1v) is 5.25. The van der Waals surface area contributed by atoms with Gasteiger partial charge in [0.2, 0.25) is 11.8 Å². The van der Waals surface area contributed by atoms with Gasteiger partial charge in [0, 0.05) is 13.0 Å². The van der Waals surface area contributed by atoms with E-state index in [1.807, 2.05) is 5.32 Å². The van der Waals surface area contributed by atoms with Gasteiger partial charge < -0.3 is 21.1 Å². The SMILES string of the molecule is NC(=O)C1CC(O)CN1C(=O)CNCC(F)(F)F. The Hall–Kier alpha value is -1.35. The zero-order chi connectivity index (χ0) is 13.9. The van der Waals surface area contributed by atoms with Crippen molar-refractivity contribution >= 4 is 11.8 Å². The fourth-order valence-corrected chi connectivity index (χ4v) is 1.77. The third-order valence-electron chi connectivity index (χ3n) is 2.53. The summed E-state index contributed by atoms with van der Waals surface area (Å²) in [5.74, 6) is -1.48. The summed E-state index contributed by atoms with van der Waals surface area (Å²) in [7, 11) is 0. The van der Waals surface area contributed by atoms with Crippen molar-refractivity contribution in [3.8, 4) is 0 Å². The lowest BCUT2D eigenvalue weighted by Crippen LogP contribution is -2.47. The van der Waals surface area contributed by atoms with E-state index in [-0.39, 0.29) is 13.0 Å². The number of aliphatic hydroxyl groups is 1. The van der Waals surface area contributed by atoms with Crippen LogP contribution < -0.4 is 11.1 Å². The third-order valence-corrected chi connectivity index (χ3v) is 2.53. The number of amides is 2. The van der Waals surface area contributed by atoms with Gasteiger partial charge in [-0.25, -0.2) is 0 Å². The summed E-state index contributed by atoms with van der Waals surface area (Å²) < 4.78 is 35.5. The molecule has 1 heterocycles. The molecular formula is C9H14F3N3O3. The molecule has 1 fully saturated rings. The highest BCUT2D eigenvalue weighted by atomic mass is 19.4. The van der Waals surface area contributed by atoms with Crippen molar-refractivity contribution in [2.75, 3.05) is 19.6 Å². The molecule has 104 valence electrons. The molecular weight excluding hydrogens is 255 g/mol. The molecule has 0 bridgehead atoms. The lowest BCUT2D eigenvalue weighted by atomic mass is 10.2. The predicted molar refractivity (Wildman–Crippen MR) is 54.2 cm³/mol. The predicted octanol–water partition coefficient (Wildman–Crippen LogP) is -1.41. The highest BCUT2D eigenvalue weighted by molar-refractivity contribution is 5.88. The minimum absolute atomic E-state index is 0.0142. The maximum absolute atomic E-state index is 11.8. The standard InChI is InChI=1S/C9H14F3N3O3/c10-9(11,12)4-14-2-7(17)15-3-5(16)1-6(15)8(13)18/h5-6,14,16H,1-4H2,(H2,13,18). The summed E-state index contributed by atoms with van der Waals surface area (Å²) >= 11 is 0. The zero-order valence-corrected chi connectivity index (χ0v) is 9.41. The van der Waals surface area contributed by atoms with Crippen LogP contribution in [0.15, 0.2) is 0 Å². The van der Waals surface area contributed by atoms with Crippen molar-refractivity contribution in [2.24, 2.45) is 5.73 Å². The molecule has 2 unspecified atom stereocenters. The summed E-state index contributed by atoms with van der Waals surface area (Å²) in [6.45, 7) is -1.95. The average molecular weight is 269 g/mol. The van der Waals surface area contributed by atoms with Crippen LogP contribution in [-0.2, 0) is 9.59 Å². The molecule has 2 atom stereocenters. The monoisotopic (exact) mass is 269 g/mol. The minimum atomic E-state index is -4.41. The third kappa shape index (κ3) is 4.15. The van der Waals surface area contributed by atoms with Gasteiger partial charge in [0.1, 0.15) is 6.04 Å². The van der Waals surface area contributed by atoms with Gasteiger partial charge >= 0.3 is 6.18 Å². The molecule has 1 rings (SSSR count). The minimum Gasteiger partial charge on any atom is -0.391 e. The number of nitrogens with two attached hydrogens (primary N) is 1. The Morgan fingerprint density at radius 1 is 1.44 bits per heavy atom. The number of hydrogen-bond donors (Lipinski definition) is 3. The van der Waals surface area contributed by atoms with Crippen LogP contribution >= 0.6 is 0 Å². The number of halogens is 3. The van der Waals surface area contributed by atoms with Crippen molar-refractivity contribution in [1.82, 2.24) is 10.2 Å². The summed E-state index contributed by atoms with van der Waals surface area (Å²) in [6.07, 6.45) is -5.28. The molecule has 2 amide bonds. The van der Waals surface area contributed by atoms with Gasteiger partial charge in [-0.15, -0.1) is 0 Å². The number of primary amides is 1. The number of carbonyl (C=O) groups excluding carboxylic acids is 2. The number of nitrogens with one attached hydrogen (secondary N) is 1. The van der Waals surface area contributed by atoms with Crippen LogP contribution in [0.25, 0.3) is 0 Å². The molecule has 0 spiro atoms. The second-order valence-corrected chi connectivity index (χ2v) is 4.07. The molecule has 4 N–H and O–H groups in total. The highest BCUT2D eigenvalue weighted by Crippen LogP contribution is 2.17. The van der Waals surface area contributed by atoms with Gasteiger partial charge in [-0.3, -0.25) is 9.59 Å². The van der Waals surface area contributed by atoms with Crippen molar-refractivity contribution in [2.45, 2.75) is 24.7 Å². The van der Waals surface area contributed by atoms with E-state index < -0.39 is 43.2 Å². The largest absolute Gasteiger partial charge is 0.401 e. The van der Waals surface area contributed by atoms with E-state index in [2.05, 4.69) is 0 Å². The summed E-state index contributed by atoms with van der Waals surface area (Å²) in [4.78, 5) is 23.6. The van der Waals surface area contributed by atoms with Crippen LogP contribution in [0.1, 0.15) is 6.42 Å². The number of aliphatic hydroxyl groups excluding tert-OH is 1. The molecule has 0 aromatic carbocycles. The van der Waals surface area contributed by atoms with Crippen molar-refractivity contribution in [1.29, 1.82) is 0 Å². The molecule has 0 radical (unpaired) electrons. The number of hydrogen-bond acceptors (Lipinski definition) is 4. The first-order chi connectivity index (χ1) is 8.20. The molecule has 1 aliphatic rings. The molecule has 0 saturated carbocycles. The van der Waals surface area contributed by atoms with Gasteiger partial charge in [0.25, 0.3) is 0 Å². The highest BCUT2D eigenvalue weighted by Gasteiger charge is 2.37. The van der Waals surface area contributed by atoms with Crippen LogP contribution in [0.3, 0.4) is 0 Å². The Balaban J connectivity index is 2.48. The molecule has 18 heavy (non-hydrogen) atoms. The Morgan fingerprint density at radius 3 is 2.56 bits per heavy atom. The zero-order valence-electron chi connectivity index (χ0n) is 9.41. The number of nitrogens with zero attached hydrogens (tertiary/aromatic N) is 1. The van der Waals surface area contributed by atoms with Crippen LogP contribution in [0, 0.1) is 0 Å². The van der Waals surface area contributed by atoms with E-state index >= 15 is 0 Å². The van der Waals surface area contributed by atoms with Gasteiger partial charge in [0.05, 0.1) is 19.2 Å². The maximum atomic E-state index is 11.8. The Morgan fingerprint density at radius 2 is 2.06 bits per heavy atom. The van der Waals surface area contributed by atoms with Crippen molar-refractivity contribution in [3.05, 3.63) is 0 Å². The topological polar surface area (TPSA) is 95.7 Å². The molecule has 0 aromatic heterocycles. The van der Waals surface area contributed by atoms with E-state index in [1.54, 1.807) is 0 Å². The number of β-amino-alcohol motifs (C(OH)–C–C–N with tert-alkyl or cyclic N) is 1. The average Bonchev–Trinajstić information content (AvgIpc) is 2.58. The second-order valence-electron chi connectivity index (χ2n) is 4.07. The van der Waals surface area contributed by atoms with E-state index in [0.29, 0.717) is 0 Å². The first kappa shape index (κ1) is 14.7. The van der Waals surface area contributed by atoms with Crippen molar-refractivity contribution < 1.29 is 27.9 Å². The molecule has 6 nitrogen and oxygen atoms in total. The maximum Gasteiger partial charge on any atom is 0.401 e. The van der Waals surface area contributed by atoms with Crippen molar-refractivity contribution in [3.63, 3.8) is 0 Å². The van der Waals surface area contributed by atoms with Gasteiger partial charge in [0.15, 0.2) is 0 Å². The molecule has 9 heteroatoms. The van der Waals surface area contributed by atoms with Crippen LogP contribution in [0.5, 0.6) is 0 Å². The summed E-state index contributed by atoms with van der Waals surface area (Å²) in [6, 6.07) is -0.958. The summed E-state index contributed by atoms with van der Waals surface area (Å²) in [5, 5.41) is 11.2. The summed E-state index contributed by atoms with van der Waals surface area (Å²) in [5.41, 5.74) is 5.04. The van der Waals surface area contributed by atoms with Crippen LogP contribution in [0.4, 0.5) is 13.2 Å². The van der Waals surface area contributed by atoms with Gasteiger partial charge in [-0.2, -0.15) is 13.2 Å². The van der Waals surface area contributed by atoms with Crippen LogP contribution in [0.2, 0.25) is 0 Å². The van der Waals surface area contributed by atoms with E-state index in [1.165, 1.54) is 0 Å². The fourth-order valence-electron chi connectivity index (χ4n) is 1.77. The lowest BCUT2D eigenvalue weighted by Gasteiger charge is -2.22. The van der Waals surface area contributed by atoms with E-state index in [4.69, 9.17) is 5.73 Å². The smallest absolute Gasteiger partial charge is 0.391 e. The van der Waals surface area contributed by atoms with Crippen LogP contribution in [-0.4, -0.2) is 59.8 Å². The Kier molecular flexibility index (Phi) is 4.52. The molecule has 1 saturated heterocycles.